The molecule has 0 rings (SSSR count). The second kappa shape index (κ2) is 17.1. The molecule has 0 aliphatic rings. The van der Waals surface area contributed by atoms with Crippen molar-refractivity contribution >= 4 is 10.2 Å². The van der Waals surface area contributed by atoms with Crippen LogP contribution in [0.5, 0.6) is 0 Å². The summed E-state index contributed by atoms with van der Waals surface area (Å²) < 4.78 is 0. The Morgan fingerprint density at radius 1 is 0.611 bits per heavy atom. The van der Waals surface area contributed by atoms with Crippen LogP contribution in [0.3, 0.4) is 0 Å². The number of nitrogens with two attached hydrogens (primary N) is 1. The monoisotopic (exact) mass is 272 g/mol. The minimum absolute atomic E-state index is 0.764. The summed E-state index contributed by atoms with van der Waals surface area (Å²) in [5, 5.41) is 3.35. The number of hydrogen-bond acceptors (Lipinski definition) is 2. The van der Waals surface area contributed by atoms with Gasteiger partial charge in [0.05, 0.1) is 0 Å². The van der Waals surface area contributed by atoms with Crippen LogP contribution in [0, 0.1) is 0 Å². The molecule has 0 spiro atoms. The van der Waals surface area contributed by atoms with Crippen LogP contribution < -0.4 is 11.1 Å². The highest BCUT2D eigenvalue weighted by atomic mass is 28.1. The van der Waals surface area contributed by atoms with Crippen LogP contribution in [-0.4, -0.2) is 29.9 Å². The lowest BCUT2D eigenvalue weighted by molar-refractivity contribution is 0.540. The summed E-state index contributed by atoms with van der Waals surface area (Å²) in [5.41, 5.74) is 5.41. The van der Waals surface area contributed by atoms with Crippen LogP contribution in [0.2, 0.25) is 6.04 Å². The first-order chi connectivity index (χ1) is 8.91. The van der Waals surface area contributed by atoms with Gasteiger partial charge in [-0.15, -0.1) is 0 Å². The molecule has 0 aliphatic carbocycles. The lowest BCUT2D eigenvalue weighted by Crippen LogP contribution is -2.23. The maximum atomic E-state index is 5.41. The highest BCUT2D eigenvalue weighted by molar-refractivity contribution is 6.08. The SMILES string of the molecule is NCCNCCCCCCCCCCCCC[SiH3]. The van der Waals surface area contributed by atoms with Gasteiger partial charge in [0.1, 0.15) is 0 Å². The summed E-state index contributed by atoms with van der Waals surface area (Å²) in [4.78, 5) is 0. The van der Waals surface area contributed by atoms with Crippen molar-refractivity contribution in [1.82, 2.24) is 5.32 Å². The van der Waals surface area contributed by atoms with E-state index in [-0.39, 0.29) is 0 Å². The third kappa shape index (κ3) is 16.1. The van der Waals surface area contributed by atoms with Gasteiger partial charge < -0.3 is 11.1 Å². The second-order valence-electron chi connectivity index (χ2n) is 5.43. The van der Waals surface area contributed by atoms with Gasteiger partial charge >= 0.3 is 0 Å². The molecule has 3 heteroatoms. The molecule has 0 saturated heterocycles. The molecule has 0 unspecified atom stereocenters. The lowest BCUT2D eigenvalue weighted by atomic mass is 10.1. The molecule has 0 aromatic heterocycles. The van der Waals surface area contributed by atoms with Crippen LogP contribution in [0.25, 0.3) is 0 Å². The summed E-state index contributed by atoms with van der Waals surface area (Å²) in [6.45, 7) is 2.89. The molecule has 0 heterocycles. The van der Waals surface area contributed by atoms with Gasteiger partial charge in [0.25, 0.3) is 0 Å². The van der Waals surface area contributed by atoms with E-state index in [0.29, 0.717) is 0 Å². The number of rotatable bonds is 15. The van der Waals surface area contributed by atoms with E-state index >= 15 is 0 Å². The second-order valence-corrected chi connectivity index (χ2v) is 6.43. The summed E-state index contributed by atoms with van der Waals surface area (Å²) in [5.74, 6) is 0. The molecule has 0 bridgehead atoms. The highest BCUT2D eigenvalue weighted by Gasteiger charge is 1.93. The first-order valence-electron chi connectivity index (χ1n) is 8.32. The summed E-state index contributed by atoms with van der Waals surface area (Å²) in [6.07, 6.45) is 15.9. The molecular formula is C15H36N2Si. The topological polar surface area (TPSA) is 38.0 Å². The standard InChI is InChI=1S/C15H36N2Si/c16-12-14-17-13-10-8-6-4-2-1-3-5-7-9-11-15-18/h17H,1-16H2,18H3. The fourth-order valence-electron chi connectivity index (χ4n) is 2.32. The predicted molar refractivity (Wildman–Crippen MR) is 87.5 cm³/mol. The smallest absolute Gasteiger partial charge is 0.00745 e. The molecule has 2 nitrogen and oxygen atoms in total. The Balaban J connectivity index is 2.86. The quantitative estimate of drug-likeness (QED) is 0.355. The molecule has 0 aromatic rings. The van der Waals surface area contributed by atoms with E-state index in [1.807, 2.05) is 0 Å². The van der Waals surface area contributed by atoms with Gasteiger partial charge in [0.2, 0.25) is 0 Å². The van der Waals surface area contributed by atoms with E-state index in [0.717, 1.165) is 19.6 Å². The number of nitrogens with one attached hydrogen (secondary N) is 1. The molecule has 0 saturated carbocycles. The number of unbranched alkanes of at least 4 members (excludes halogenated alkanes) is 10. The zero-order valence-corrected chi connectivity index (χ0v) is 14.7. The van der Waals surface area contributed by atoms with Gasteiger partial charge in [-0.3, -0.25) is 0 Å². The fraction of sp³-hybridized carbons (Fsp3) is 1.00. The van der Waals surface area contributed by atoms with Gasteiger partial charge in [-0.1, -0.05) is 70.3 Å². The Kier molecular flexibility index (Phi) is 17.3. The first kappa shape index (κ1) is 18.1. The molecule has 3 N–H and O–H groups in total. The van der Waals surface area contributed by atoms with Crippen molar-refractivity contribution in [1.29, 1.82) is 0 Å². The maximum absolute atomic E-state index is 5.41. The Bertz CT molecular complexity index is 126. The third-order valence-electron chi connectivity index (χ3n) is 3.53. The normalized spacial score (nSPS) is 11.2. The van der Waals surface area contributed by atoms with Gasteiger partial charge in [0, 0.05) is 23.3 Å². The predicted octanol–water partition coefficient (Wildman–Crippen LogP) is 2.61. The summed E-state index contributed by atoms with van der Waals surface area (Å²) >= 11 is 0. The summed E-state index contributed by atoms with van der Waals surface area (Å²) in [6, 6.07) is 1.50. The molecule has 0 radical (unpaired) electrons. The number of hydrogen-bond donors (Lipinski definition) is 2. The van der Waals surface area contributed by atoms with Crippen molar-refractivity contribution in [3.05, 3.63) is 0 Å². The fourth-order valence-corrected chi connectivity index (χ4v) is 2.82. The van der Waals surface area contributed by atoms with Crippen molar-refractivity contribution in [2.45, 2.75) is 76.7 Å². The molecule has 0 amide bonds. The first-order valence-corrected chi connectivity index (χ1v) is 9.74. The van der Waals surface area contributed by atoms with Gasteiger partial charge in [0.15, 0.2) is 0 Å². The van der Waals surface area contributed by atoms with Gasteiger partial charge in [-0.25, -0.2) is 0 Å². The lowest BCUT2D eigenvalue weighted by Gasteiger charge is -2.04. The van der Waals surface area contributed by atoms with E-state index < -0.39 is 0 Å². The molecular weight excluding hydrogens is 236 g/mol. The molecule has 110 valence electrons. The van der Waals surface area contributed by atoms with Crippen LogP contribution >= 0.6 is 0 Å². The maximum Gasteiger partial charge on any atom is 0.00745 e. The Morgan fingerprint density at radius 2 is 1.06 bits per heavy atom. The largest absolute Gasteiger partial charge is 0.329 e. The Morgan fingerprint density at radius 3 is 1.50 bits per heavy atom. The minimum atomic E-state index is 0.764. The van der Waals surface area contributed by atoms with Crippen molar-refractivity contribution < 1.29 is 0 Å². The van der Waals surface area contributed by atoms with E-state index in [9.17, 15) is 0 Å². The Labute approximate surface area is 118 Å². The van der Waals surface area contributed by atoms with Crippen molar-refractivity contribution in [3.63, 3.8) is 0 Å². The van der Waals surface area contributed by atoms with Gasteiger partial charge in [-0.05, 0) is 13.0 Å². The van der Waals surface area contributed by atoms with Crippen LogP contribution in [-0.2, 0) is 0 Å². The van der Waals surface area contributed by atoms with Crippen molar-refractivity contribution in [2.24, 2.45) is 5.73 Å². The van der Waals surface area contributed by atoms with E-state index in [1.165, 1.54) is 86.9 Å². The highest BCUT2D eigenvalue weighted by Crippen LogP contribution is 2.11. The average Bonchev–Trinajstić information content (AvgIpc) is 2.39. The van der Waals surface area contributed by atoms with Crippen LogP contribution in [0.4, 0.5) is 0 Å². The van der Waals surface area contributed by atoms with Crippen LogP contribution in [0.15, 0.2) is 0 Å². The van der Waals surface area contributed by atoms with Crippen molar-refractivity contribution in [3.8, 4) is 0 Å². The van der Waals surface area contributed by atoms with E-state index in [1.54, 1.807) is 0 Å². The molecule has 0 aromatic carbocycles. The zero-order valence-electron chi connectivity index (χ0n) is 12.7. The van der Waals surface area contributed by atoms with E-state index in [4.69, 9.17) is 5.73 Å². The molecule has 18 heavy (non-hydrogen) atoms. The molecule has 0 aliphatic heterocycles. The molecule has 0 fully saturated rings. The average molecular weight is 273 g/mol. The van der Waals surface area contributed by atoms with Crippen molar-refractivity contribution in [2.75, 3.05) is 19.6 Å². The summed E-state index contributed by atoms with van der Waals surface area (Å²) in [7, 11) is 1.40. The Hall–Kier alpha value is 0.137. The minimum Gasteiger partial charge on any atom is -0.329 e. The zero-order chi connectivity index (χ0) is 13.3. The van der Waals surface area contributed by atoms with Gasteiger partial charge in [-0.2, -0.15) is 0 Å². The van der Waals surface area contributed by atoms with E-state index in [2.05, 4.69) is 5.32 Å². The molecule has 0 atom stereocenters. The third-order valence-corrected chi connectivity index (χ3v) is 4.24. The van der Waals surface area contributed by atoms with Crippen LogP contribution in [0.1, 0.15) is 70.6 Å².